The van der Waals surface area contributed by atoms with Gasteiger partial charge in [0.15, 0.2) is 0 Å². The van der Waals surface area contributed by atoms with Crippen LogP contribution in [0.4, 0.5) is 0 Å². The Morgan fingerprint density at radius 1 is 1.40 bits per heavy atom. The summed E-state index contributed by atoms with van der Waals surface area (Å²) in [6.45, 7) is 1.09. The van der Waals surface area contributed by atoms with E-state index in [0.29, 0.717) is 31.6 Å². The first-order valence-electron chi connectivity index (χ1n) is 4.71. The number of nitrogens with zero attached hydrogens (tertiary/aromatic N) is 1. The minimum Gasteiger partial charge on any atom is -0.359 e. The van der Waals surface area contributed by atoms with Crippen LogP contribution in [0.5, 0.6) is 0 Å². The molecular weight excluding hydrogens is 194 g/mol. The summed E-state index contributed by atoms with van der Waals surface area (Å²) in [5, 5.41) is 5.21. The maximum atomic E-state index is 11.4. The number of aromatic nitrogens is 1. The SMILES string of the molecule is O=CNCCCNC(=O)c1ccccn1. The summed E-state index contributed by atoms with van der Waals surface area (Å²) < 4.78 is 0. The third-order valence-electron chi connectivity index (χ3n) is 1.76. The van der Waals surface area contributed by atoms with E-state index in [1.165, 1.54) is 0 Å². The summed E-state index contributed by atoms with van der Waals surface area (Å²) in [5.41, 5.74) is 0.404. The van der Waals surface area contributed by atoms with Crippen molar-refractivity contribution < 1.29 is 9.59 Å². The van der Waals surface area contributed by atoms with Gasteiger partial charge in [0.25, 0.3) is 5.91 Å². The molecule has 2 N–H and O–H groups in total. The highest BCUT2D eigenvalue weighted by Crippen LogP contribution is 1.92. The van der Waals surface area contributed by atoms with Gasteiger partial charge in [0.1, 0.15) is 5.69 Å². The number of hydrogen-bond donors (Lipinski definition) is 2. The molecule has 15 heavy (non-hydrogen) atoms. The molecule has 0 bridgehead atoms. The lowest BCUT2D eigenvalue weighted by Gasteiger charge is -2.03. The number of hydrogen-bond acceptors (Lipinski definition) is 3. The number of pyridine rings is 1. The van der Waals surface area contributed by atoms with Crippen LogP contribution in [-0.2, 0) is 4.79 Å². The van der Waals surface area contributed by atoms with Crippen molar-refractivity contribution in [2.75, 3.05) is 13.1 Å². The van der Waals surface area contributed by atoms with Crippen molar-refractivity contribution in [1.82, 2.24) is 15.6 Å². The van der Waals surface area contributed by atoms with Crippen molar-refractivity contribution in [2.24, 2.45) is 0 Å². The van der Waals surface area contributed by atoms with E-state index in [4.69, 9.17) is 0 Å². The summed E-state index contributed by atoms with van der Waals surface area (Å²) in [4.78, 5) is 25.2. The van der Waals surface area contributed by atoms with Crippen molar-refractivity contribution in [2.45, 2.75) is 6.42 Å². The van der Waals surface area contributed by atoms with Gasteiger partial charge in [0.05, 0.1) is 0 Å². The van der Waals surface area contributed by atoms with Crippen LogP contribution in [0.25, 0.3) is 0 Å². The number of nitrogens with one attached hydrogen (secondary N) is 2. The molecule has 0 radical (unpaired) electrons. The van der Waals surface area contributed by atoms with Gasteiger partial charge in [-0.25, -0.2) is 0 Å². The van der Waals surface area contributed by atoms with E-state index in [9.17, 15) is 9.59 Å². The monoisotopic (exact) mass is 207 g/mol. The van der Waals surface area contributed by atoms with Gasteiger partial charge in [-0.05, 0) is 18.6 Å². The molecule has 5 heteroatoms. The summed E-state index contributed by atoms with van der Waals surface area (Å²) in [6.07, 6.45) is 2.92. The molecule has 5 nitrogen and oxygen atoms in total. The quantitative estimate of drug-likeness (QED) is 0.507. The standard InChI is InChI=1S/C10H13N3O2/c14-8-11-5-3-7-13-10(15)9-4-1-2-6-12-9/h1-2,4,6,8H,3,5,7H2,(H,11,14)(H,13,15). The Bertz CT molecular complexity index is 314. The second-order valence-electron chi connectivity index (χ2n) is 2.90. The van der Waals surface area contributed by atoms with Gasteiger partial charge >= 0.3 is 0 Å². The van der Waals surface area contributed by atoms with Gasteiger partial charge in [0.2, 0.25) is 6.41 Å². The molecule has 0 aliphatic heterocycles. The van der Waals surface area contributed by atoms with Crippen molar-refractivity contribution >= 4 is 12.3 Å². The maximum absolute atomic E-state index is 11.4. The Morgan fingerprint density at radius 2 is 2.27 bits per heavy atom. The van der Waals surface area contributed by atoms with Crippen LogP contribution in [-0.4, -0.2) is 30.4 Å². The molecule has 2 amide bonds. The average molecular weight is 207 g/mol. The third-order valence-corrected chi connectivity index (χ3v) is 1.76. The smallest absolute Gasteiger partial charge is 0.269 e. The summed E-state index contributed by atoms with van der Waals surface area (Å²) in [5.74, 6) is -0.193. The Kier molecular flexibility index (Phi) is 4.86. The van der Waals surface area contributed by atoms with Crippen molar-refractivity contribution in [3.05, 3.63) is 30.1 Å². The number of carbonyl (C=O) groups excluding carboxylic acids is 2. The number of rotatable bonds is 6. The fraction of sp³-hybridized carbons (Fsp3) is 0.300. The minimum atomic E-state index is -0.193. The van der Waals surface area contributed by atoms with Crippen LogP contribution in [0, 0.1) is 0 Å². The summed E-state index contributed by atoms with van der Waals surface area (Å²) in [6, 6.07) is 5.17. The lowest BCUT2D eigenvalue weighted by atomic mass is 10.3. The largest absolute Gasteiger partial charge is 0.359 e. The van der Waals surface area contributed by atoms with Crippen LogP contribution in [0.1, 0.15) is 16.9 Å². The molecule has 0 saturated heterocycles. The molecule has 0 aliphatic rings. The Labute approximate surface area is 87.9 Å². The maximum Gasteiger partial charge on any atom is 0.269 e. The summed E-state index contributed by atoms with van der Waals surface area (Å²) in [7, 11) is 0. The van der Waals surface area contributed by atoms with E-state index in [-0.39, 0.29) is 5.91 Å². The zero-order valence-electron chi connectivity index (χ0n) is 8.27. The lowest BCUT2D eigenvalue weighted by molar-refractivity contribution is -0.109. The van der Waals surface area contributed by atoms with E-state index >= 15 is 0 Å². The first kappa shape index (κ1) is 11.2. The Morgan fingerprint density at radius 3 is 2.93 bits per heavy atom. The van der Waals surface area contributed by atoms with E-state index in [1.807, 2.05) is 0 Å². The number of carbonyl (C=O) groups is 2. The second-order valence-corrected chi connectivity index (χ2v) is 2.90. The molecule has 0 unspecified atom stereocenters. The van der Waals surface area contributed by atoms with Crippen molar-refractivity contribution in [1.29, 1.82) is 0 Å². The molecule has 0 atom stereocenters. The van der Waals surface area contributed by atoms with E-state index in [2.05, 4.69) is 15.6 Å². The first-order chi connectivity index (χ1) is 7.34. The molecule has 0 aromatic carbocycles. The van der Waals surface area contributed by atoms with Crippen LogP contribution in [0.3, 0.4) is 0 Å². The highest BCUT2D eigenvalue weighted by atomic mass is 16.1. The normalized spacial score (nSPS) is 9.33. The van der Waals surface area contributed by atoms with Crippen LogP contribution >= 0.6 is 0 Å². The molecule has 1 rings (SSSR count). The molecule has 0 aliphatic carbocycles. The molecule has 80 valence electrons. The van der Waals surface area contributed by atoms with Gasteiger partial charge in [0, 0.05) is 19.3 Å². The molecule has 0 saturated carbocycles. The van der Waals surface area contributed by atoms with Crippen molar-refractivity contribution in [3.63, 3.8) is 0 Å². The highest BCUT2D eigenvalue weighted by Gasteiger charge is 2.03. The highest BCUT2D eigenvalue weighted by molar-refractivity contribution is 5.92. The average Bonchev–Trinajstić information content (AvgIpc) is 2.30. The van der Waals surface area contributed by atoms with Gasteiger partial charge < -0.3 is 10.6 Å². The Hall–Kier alpha value is -1.91. The number of amides is 2. The van der Waals surface area contributed by atoms with Gasteiger partial charge in [-0.3, -0.25) is 14.6 Å². The summed E-state index contributed by atoms with van der Waals surface area (Å²) >= 11 is 0. The Balaban J connectivity index is 2.22. The van der Waals surface area contributed by atoms with Crippen LogP contribution in [0.15, 0.2) is 24.4 Å². The minimum absolute atomic E-state index is 0.193. The molecule has 1 heterocycles. The zero-order valence-corrected chi connectivity index (χ0v) is 8.27. The first-order valence-corrected chi connectivity index (χ1v) is 4.71. The fourth-order valence-electron chi connectivity index (χ4n) is 1.04. The molecular formula is C10H13N3O2. The second kappa shape index (κ2) is 6.53. The third kappa shape index (κ3) is 4.21. The van der Waals surface area contributed by atoms with Crippen molar-refractivity contribution in [3.8, 4) is 0 Å². The van der Waals surface area contributed by atoms with Crippen LogP contribution in [0.2, 0.25) is 0 Å². The molecule has 0 fully saturated rings. The predicted molar refractivity (Wildman–Crippen MR) is 55.3 cm³/mol. The zero-order chi connectivity index (χ0) is 10.9. The van der Waals surface area contributed by atoms with Gasteiger partial charge in [-0.1, -0.05) is 6.07 Å². The lowest BCUT2D eigenvalue weighted by Crippen LogP contribution is -2.27. The molecule has 0 spiro atoms. The predicted octanol–water partition coefficient (Wildman–Crippen LogP) is -0.0525. The van der Waals surface area contributed by atoms with Crippen LogP contribution < -0.4 is 10.6 Å². The van der Waals surface area contributed by atoms with E-state index < -0.39 is 0 Å². The fourth-order valence-corrected chi connectivity index (χ4v) is 1.04. The molecule has 1 aromatic rings. The topological polar surface area (TPSA) is 71.1 Å². The van der Waals surface area contributed by atoms with Gasteiger partial charge in [-0.2, -0.15) is 0 Å². The molecule has 1 aromatic heterocycles. The van der Waals surface area contributed by atoms with E-state index in [1.54, 1.807) is 24.4 Å². The van der Waals surface area contributed by atoms with Gasteiger partial charge in [-0.15, -0.1) is 0 Å². The van der Waals surface area contributed by atoms with E-state index in [0.717, 1.165) is 0 Å².